The molecule has 1 unspecified atom stereocenters. The van der Waals surface area contributed by atoms with Gasteiger partial charge in [0.25, 0.3) is 0 Å². The summed E-state index contributed by atoms with van der Waals surface area (Å²) in [5.41, 5.74) is 1.27. The van der Waals surface area contributed by atoms with Gasteiger partial charge in [-0.05, 0) is 69.8 Å². The average molecular weight is 358 g/mol. The monoisotopic (exact) mass is 358 g/mol. The number of carbonyl (C=O) groups excluding carboxylic acids is 1. The van der Waals surface area contributed by atoms with Gasteiger partial charge in [0.15, 0.2) is 11.5 Å². The van der Waals surface area contributed by atoms with E-state index in [1.54, 1.807) is 14.2 Å². The first-order chi connectivity index (χ1) is 12.5. The van der Waals surface area contributed by atoms with Crippen LogP contribution in [-0.2, 0) is 10.2 Å². The number of hydrogen-bond donors (Lipinski definition) is 1. The van der Waals surface area contributed by atoms with Crippen LogP contribution in [0.5, 0.6) is 11.5 Å². The molecule has 1 aromatic rings. The highest BCUT2D eigenvalue weighted by Crippen LogP contribution is 2.56. The average Bonchev–Trinajstić information content (AvgIpc) is 3.01. The number of fused-ring (bicyclic) bond motifs is 1. The molecule has 26 heavy (non-hydrogen) atoms. The first-order valence-corrected chi connectivity index (χ1v) is 9.76. The van der Waals surface area contributed by atoms with Gasteiger partial charge in [-0.1, -0.05) is 6.07 Å². The molecule has 1 aliphatic carbocycles. The van der Waals surface area contributed by atoms with E-state index in [1.165, 1.54) is 5.56 Å². The zero-order valence-electron chi connectivity index (χ0n) is 16.1. The third kappa shape index (κ3) is 2.51. The Morgan fingerprint density at radius 2 is 1.92 bits per heavy atom. The molecule has 5 heteroatoms. The summed E-state index contributed by atoms with van der Waals surface area (Å²) >= 11 is 0. The van der Waals surface area contributed by atoms with Crippen molar-refractivity contribution in [3.8, 4) is 11.5 Å². The Morgan fingerprint density at radius 3 is 2.65 bits per heavy atom. The summed E-state index contributed by atoms with van der Waals surface area (Å²) in [4.78, 5) is 15.2. The molecule has 1 N–H and O–H groups in total. The number of nitrogens with zero attached hydrogens (tertiary/aromatic N) is 1. The molecule has 2 aliphatic heterocycles. The number of ether oxygens (including phenoxy) is 2. The summed E-state index contributed by atoms with van der Waals surface area (Å²) in [6.07, 6.45) is 6.28. The fraction of sp³-hybridized carbons (Fsp3) is 0.667. The number of methoxy groups -OCH3 is 2. The second-order valence-electron chi connectivity index (χ2n) is 8.32. The van der Waals surface area contributed by atoms with Gasteiger partial charge >= 0.3 is 0 Å². The predicted molar refractivity (Wildman–Crippen MR) is 101 cm³/mol. The molecule has 2 saturated heterocycles. The number of amides is 1. The molecule has 0 bridgehead atoms. The lowest BCUT2D eigenvalue weighted by Gasteiger charge is -2.50. The van der Waals surface area contributed by atoms with E-state index in [2.05, 4.69) is 29.4 Å². The van der Waals surface area contributed by atoms with Gasteiger partial charge in [0.2, 0.25) is 5.91 Å². The van der Waals surface area contributed by atoms with Gasteiger partial charge in [-0.25, -0.2) is 0 Å². The molecule has 1 saturated carbocycles. The molecule has 2 heterocycles. The van der Waals surface area contributed by atoms with Crippen molar-refractivity contribution in [1.29, 1.82) is 0 Å². The van der Waals surface area contributed by atoms with E-state index in [9.17, 15) is 4.79 Å². The van der Waals surface area contributed by atoms with E-state index in [1.807, 2.05) is 6.07 Å². The van der Waals surface area contributed by atoms with Gasteiger partial charge in [0, 0.05) is 18.0 Å². The highest BCUT2D eigenvalue weighted by molar-refractivity contribution is 5.83. The minimum absolute atomic E-state index is 0.108. The van der Waals surface area contributed by atoms with E-state index < -0.39 is 0 Å². The standard InChI is InChI=1S/C21H30N2O3/c1-23-12-10-21(15-5-6-16(25-2)17(13-15)26-3)9-8-20(14-18(21)23)7-4-11-22-19(20)24/h5-6,13,18H,4,7-12,14H2,1-3H3,(H,22,24)/t18-,20?,21-/m0/s1. The maximum atomic E-state index is 12.7. The lowest BCUT2D eigenvalue weighted by Crippen LogP contribution is -2.56. The molecule has 1 spiro atoms. The minimum atomic E-state index is -0.165. The largest absolute Gasteiger partial charge is 0.493 e. The van der Waals surface area contributed by atoms with Gasteiger partial charge in [0.05, 0.1) is 19.6 Å². The third-order valence-electron chi connectivity index (χ3n) is 7.27. The summed E-state index contributed by atoms with van der Waals surface area (Å²) in [7, 11) is 5.58. The molecular weight excluding hydrogens is 328 g/mol. The molecule has 3 fully saturated rings. The zero-order valence-corrected chi connectivity index (χ0v) is 16.1. The molecule has 4 rings (SSSR count). The number of benzene rings is 1. The lowest BCUT2D eigenvalue weighted by molar-refractivity contribution is -0.138. The number of carbonyl (C=O) groups is 1. The Bertz CT molecular complexity index is 706. The van der Waals surface area contributed by atoms with Crippen molar-refractivity contribution in [3.05, 3.63) is 23.8 Å². The Balaban J connectivity index is 1.71. The number of likely N-dealkylation sites (tertiary alicyclic amines) is 1. The Morgan fingerprint density at radius 1 is 1.12 bits per heavy atom. The van der Waals surface area contributed by atoms with Crippen LogP contribution in [0.25, 0.3) is 0 Å². The number of rotatable bonds is 3. The lowest BCUT2D eigenvalue weighted by atomic mass is 9.56. The van der Waals surface area contributed by atoms with Crippen LogP contribution in [0.4, 0.5) is 0 Å². The van der Waals surface area contributed by atoms with Crippen molar-refractivity contribution in [2.24, 2.45) is 5.41 Å². The fourth-order valence-corrected chi connectivity index (χ4v) is 5.69. The highest BCUT2D eigenvalue weighted by Gasteiger charge is 2.57. The Hall–Kier alpha value is -1.75. The molecular formula is C21H30N2O3. The second kappa shape index (κ2) is 6.45. The van der Waals surface area contributed by atoms with Crippen LogP contribution in [0.1, 0.15) is 44.1 Å². The Kier molecular flexibility index (Phi) is 4.38. The maximum Gasteiger partial charge on any atom is 0.226 e. The van der Waals surface area contributed by atoms with Crippen molar-refractivity contribution >= 4 is 5.91 Å². The summed E-state index contributed by atoms with van der Waals surface area (Å²) in [6, 6.07) is 6.78. The van der Waals surface area contributed by atoms with Crippen LogP contribution in [0.3, 0.4) is 0 Å². The van der Waals surface area contributed by atoms with Crippen molar-refractivity contribution < 1.29 is 14.3 Å². The van der Waals surface area contributed by atoms with Crippen molar-refractivity contribution in [2.75, 3.05) is 34.4 Å². The highest BCUT2D eigenvalue weighted by atomic mass is 16.5. The first-order valence-electron chi connectivity index (χ1n) is 9.76. The zero-order chi connectivity index (χ0) is 18.4. The van der Waals surface area contributed by atoms with Gasteiger partial charge < -0.3 is 19.7 Å². The van der Waals surface area contributed by atoms with Crippen LogP contribution in [-0.4, -0.2) is 51.2 Å². The molecule has 0 aromatic heterocycles. The quantitative estimate of drug-likeness (QED) is 0.903. The summed E-state index contributed by atoms with van der Waals surface area (Å²) in [5.74, 6) is 1.85. The van der Waals surface area contributed by atoms with Gasteiger partial charge in [-0.3, -0.25) is 4.79 Å². The molecule has 3 aliphatic rings. The smallest absolute Gasteiger partial charge is 0.226 e. The van der Waals surface area contributed by atoms with Crippen molar-refractivity contribution in [2.45, 2.75) is 50.0 Å². The maximum absolute atomic E-state index is 12.7. The van der Waals surface area contributed by atoms with E-state index in [0.29, 0.717) is 6.04 Å². The topological polar surface area (TPSA) is 50.8 Å². The van der Waals surface area contributed by atoms with Crippen LogP contribution < -0.4 is 14.8 Å². The predicted octanol–water partition coefficient (Wildman–Crippen LogP) is 2.73. The normalized spacial score (nSPS) is 34.4. The van der Waals surface area contributed by atoms with Crippen molar-refractivity contribution in [1.82, 2.24) is 10.2 Å². The number of piperidine rings is 1. The molecule has 1 amide bonds. The molecule has 142 valence electrons. The first kappa shape index (κ1) is 17.7. The van der Waals surface area contributed by atoms with Gasteiger partial charge in [-0.15, -0.1) is 0 Å². The van der Waals surface area contributed by atoms with Gasteiger partial charge in [0.1, 0.15) is 0 Å². The van der Waals surface area contributed by atoms with Crippen LogP contribution in [0, 0.1) is 5.41 Å². The molecule has 0 radical (unpaired) electrons. The van der Waals surface area contributed by atoms with Crippen LogP contribution in [0.15, 0.2) is 18.2 Å². The Labute approximate surface area is 156 Å². The molecule has 3 atom stereocenters. The fourth-order valence-electron chi connectivity index (χ4n) is 5.69. The van der Waals surface area contributed by atoms with E-state index >= 15 is 0 Å². The molecule has 5 nitrogen and oxygen atoms in total. The number of nitrogens with one attached hydrogen (secondary N) is 1. The number of hydrogen-bond acceptors (Lipinski definition) is 4. The minimum Gasteiger partial charge on any atom is -0.493 e. The van der Waals surface area contributed by atoms with E-state index in [-0.39, 0.29) is 16.7 Å². The molecule has 1 aromatic carbocycles. The van der Waals surface area contributed by atoms with Crippen LogP contribution in [0.2, 0.25) is 0 Å². The summed E-state index contributed by atoms with van der Waals surface area (Å²) < 4.78 is 11.0. The second-order valence-corrected chi connectivity index (χ2v) is 8.32. The van der Waals surface area contributed by atoms with Crippen LogP contribution >= 0.6 is 0 Å². The SMILES string of the molecule is COc1ccc([C@]23CCN(C)[C@H]2CC2(CCCNC2=O)CC3)cc1OC. The van der Waals surface area contributed by atoms with Crippen molar-refractivity contribution in [3.63, 3.8) is 0 Å². The summed E-state index contributed by atoms with van der Waals surface area (Å²) in [6.45, 7) is 1.92. The van der Waals surface area contributed by atoms with E-state index in [0.717, 1.165) is 63.1 Å². The van der Waals surface area contributed by atoms with Gasteiger partial charge in [-0.2, -0.15) is 0 Å². The van der Waals surface area contributed by atoms with E-state index in [4.69, 9.17) is 9.47 Å². The number of likely N-dealkylation sites (N-methyl/N-ethyl adjacent to an activating group) is 1. The third-order valence-corrected chi connectivity index (χ3v) is 7.27. The summed E-state index contributed by atoms with van der Waals surface area (Å²) in [5, 5.41) is 3.13.